The first kappa shape index (κ1) is 3.96. The molecule has 2 nitrogen and oxygen atoms in total. The molecule has 0 amide bonds. The Morgan fingerprint density at radius 2 is 2.25 bits per heavy atom. The van der Waals surface area contributed by atoms with Crippen molar-refractivity contribution in [3.05, 3.63) is 0 Å². The van der Waals surface area contributed by atoms with Gasteiger partial charge in [-0.2, -0.15) is 0 Å². The van der Waals surface area contributed by atoms with Crippen molar-refractivity contribution in [2.75, 3.05) is 0 Å². The van der Waals surface area contributed by atoms with E-state index in [1.807, 2.05) is 0 Å². The maximum absolute atomic E-state index is 7.49. The Bertz CT molecular complexity index is 35.8. The van der Waals surface area contributed by atoms with Gasteiger partial charge in [-0.15, -0.1) is 0 Å². The van der Waals surface area contributed by atoms with Crippen molar-refractivity contribution < 1.29 is 14.9 Å². The van der Waals surface area contributed by atoms with E-state index in [-0.39, 0.29) is 0 Å². The summed E-state index contributed by atoms with van der Waals surface area (Å²) in [6, 6.07) is 0. The number of nitriles is 1. The van der Waals surface area contributed by atoms with Crippen LogP contribution in [0.5, 0.6) is 0 Å². The molecule has 0 bridgehead atoms. The third-order valence-electron chi connectivity index (χ3n) is 0.0430. The number of rotatable bonds is 0. The summed E-state index contributed by atoms with van der Waals surface area (Å²) in [5, 5.41) is 9.16. The molecule has 0 aromatic rings. The topological polar surface area (TPSA) is 49.8 Å². The summed E-state index contributed by atoms with van der Waals surface area (Å²) in [6.07, 6.45) is 0. The van der Waals surface area contributed by atoms with Crippen LogP contribution in [-0.4, -0.2) is 0 Å². The van der Waals surface area contributed by atoms with Gasteiger partial charge in [-0.3, -0.25) is 0 Å². The van der Waals surface area contributed by atoms with Crippen LogP contribution in [0.1, 0.15) is 0 Å². The molecule has 2 N–H and O–H groups in total. The molecular weight excluding hydrogens is 99.0 g/mol. The van der Waals surface area contributed by atoms with Gasteiger partial charge in [0.2, 0.25) is 0 Å². The van der Waals surface area contributed by atoms with Gasteiger partial charge in [0.25, 0.3) is 0 Å². The molecule has 0 aromatic carbocycles. The third-order valence-corrected chi connectivity index (χ3v) is 0.177. The van der Waals surface area contributed by atoms with E-state index in [1.165, 1.54) is 0 Å². The van der Waals surface area contributed by atoms with Gasteiger partial charge in [0, 0.05) is 0 Å². The standard InChI is InChI=1S/CN.Co.H2N/c1-2;;/h;;1H2/q;+1;-1. The monoisotopic (exact) mass is 101 g/mol. The van der Waals surface area contributed by atoms with Crippen LogP contribution in [0.4, 0.5) is 0 Å². The molecule has 0 rings (SSSR count). The Morgan fingerprint density at radius 1 is 2.00 bits per heavy atom. The van der Waals surface area contributed by atoms with Crippen LogP contribution < -0.4 is 4.78 Å². The van der Waals surface area contributed by atoms with Crippen LogP contribution in [0, 0.1) is 10.3 Å². The van der Waals surface area contributed by atoms with E-state index in [0.29, 0.717) is 14.9 Å². The summed E-state index contributed by atoms with van der Waals surface area (Å²) in [5.41, 5.74) is 0. The number of nitrogens with two attached hydrogens (primary N) is 1. The van der Waals surface area contributed by atoms with E-state index in [1.54, 1.807) is 5.00 Å². The average Bonchev–Trinajstić information content (AvgIpc) is 1.37. The van der Waals surface area contributed by atoms with Crippen LogP contribution in [0.3, 0.4) is 0 Å². The zero-order valence-electron chi connectivity index (χ0n) is 1.86. The zero-order chi connectivity index (χ0) is 3.41. The Hall–Kier alpha value is -0.0435. The summed E-state index contributed by atoms with van der Waals surface area (Å²) < 4.78 is 0. The molecule has 3 heteroatoms. The molecule has 0 spiro atoms. The molecule has 0 aliphatic rings. The van der Waals surface area contributed by atoms with Gasteiger partial charge in [0.15, 0.2) is 0 Å². The van der Waals surface area contributed by atoms with Crippen LogP contribution in [-0.2, 0) is 14.9 Å². The molecule has 0 saturated heterocycles. The Morgan fingerprint density at radius 3 is 2.25 bits per heavy atom. The van der Waals surface area contributed by atoms with E-state index in [0.717, 1.165) is 0 Å². The van der Waals surface area contributed by atoms with E-state index in [2.05, 4.69) is 4.78 Å². The zero-order valence-corrected chi connectivity index (χ0v) is 2.90. The van der Waals surface area contributed by atoms with Crippen molar-refractivity contribution in [2.24, 2.45) is 4.78 Å². The molecule has 0 aromatic heterocycles. The van der Waals surface area contributed by atoms with Gasteiger partial charge < -0.3 is 0 Å². The fourth-order valence-corrected chi connectivity index (χ4v) is 0. The molecule has 0 aliphatic carbocycles. The van der Waals surface area contributed by atoms with Crippen molar-refractivity contribution in [1.29, 1.82) is 5.26 Å². The number of nitrogens with zero attached hydrogens (tertiary/aromatic N) is 1. The Labute approximate surface area is 30.8 Å². The van der Waals surface area contributed by atoms with Gasteiger partial charge in [-0.25, -0.2) is 0 Å². The Kier molecular flexibility index (Phi) is 2.92. The second-order valence-electron chi connectivity index (χ2n) is 0.171. The number of hydrogen-bond acceptors (Lipinski definition) is 2. The molecule has 0 atom stereocenters. The van der Waals surface area contributed by atoms with Crippen LogP contribution in [0.25, 0.3) is 0 Å². The van der Waals surface area contributed by atoms with Crippen LogP contribution in [0.2, 0.25) is 0 Å². The van der Waals surface area contributed by atoms with Gasteiger partial charge in [0.05, 0.1) is 0 Å². The normalized spacial score (nSPS) is 6.00. The van der Waals surface area contributed by atoms with Crippen molar-refractivity contribution in [1.82, 2.24) is 0 Å². The second-order valence-corrected chi connectivity index (χ2v) is 0.704. The fraction of sp³-hybridized carbons (Fsp3) is 0. The maximum atomic E-state index is 7.49. The molecule has 0 heterocycles. The molecular formula is CH2CoN2. The summed E-state index contributed by atoms with van der Waals surface area (Å²) in [7, 11) is 0. The fourth-order valence-electron chi connectivity index (χ4n) is 0. The molecule has 4 heavy (non-hydrogen) atoms. The summed E-state index contributed by atoms with van der Waals surface area (Å²) in [6.45, 7) is 0. The molecule has 0 unspecified atom stereocenters. The van der Waals surface area contributed by atoms with E-state index >= 15 is 0 Å². The summed E-state index contributed by atoms with van der Waals surface area (Å²) >= 11 is 0.326. The predicted octanol–water partition coefficient (Wildman–Crippen LogP) is -0.576. The van der Waals surface area contributed by atoms with Gasteiger partial charge in [-0.05, 0) is 0 Å². The van der Waals surface area contributed by atoms with Gasteiger partial charge in [-0.1, -0.05) is 0 Å². The molecule has 0 aliphatic heterocycles. The SMILES string of the molecule is N#[C][Co][NH2]. The first-order valence-electron chi connectivity index (χ1n) is 0.583. The average molecular weight is 101 g/mol. The van der Waals surface area contributed by atoms with Crippen molar-refractivity contribution in [3.8, 4) is 5.00 Å². The summed E-state index contributed by atoms with van der Waals surface area (Å²) in [5.74, 6) is 0. The van der Waals surface area contributed by atoms with E-state index in [4.69, 9.17) is 5.26 Å². The second kappa shape index (κ2) is 2.96. The van der Waals surface area contributed by atoms with E-state index < -0.39 is 0 Å². The van der Waals surface area contributed by atoms with E-state index in [9.17, 15) is 0 Å². The first-order chi connectivity index (χ1) is 1.91. The quantitative estimate of drug-likeness (QED) is 0.444. The molecule has 0 saturated carbocycles. The minimum atomic E-state index is 0.326. The predicted molar refractivity (Wildman–Crippen MR) is 9.80 cm³/mol. The van der Waals surface area contributed by atoms with Gasteiger partial charge in [0.1, 0.15) is 0 Å². The summed E-state index contributed by atoms with van der Waals surface area (Å²) in [4.78, 5) is 4.64. The third kappa shape index (κ3) is 1.96. The van der Waals surface area contributed by atoms with Crippen LogP contribution >= 0.6 is 0 Å². The van der Waals surface area contributed by atoms with Crippen molar-refractivity contribution in [3.63, 3.8) is 0 Å². The molecule has 25 valence electrons. The molecule has 0 fully saturated rings. The van der Waals surface area contributed by atoms with Crippen molar-refractivity contribution in [2.45, 2.75) is 0 Å². The van der Waals surface area contributed by atoms with Crippen LogP contribution in [0.15, 0.2) is 0 Å². The number of hydrogen-bond donors (Lipinski definition) is 1. The van der Waals surface area contributed by atoms with Gasteiger partial charge >= 0.3 is 30.0 Å². The minimum absolute atomic E-state index is 0.326. The first-order valence-corrected chi connectivity index (χ1v) is 1.70. The van der Waals surface area contributed by atoms with Crippen molar-refractivity contribution >= 4 is 0 Å². The molecule has 0 radical (unpaired) electrons. The Balaban J connectivity index is 2.43.